The molecule has 2 rings (SSSR count). The van der Waals surface area contributed by atoms with Crippen LogP contribution in [0.1, 0.15) is 22.7 Å². The minimum Gasteiger partial charge on any atom is -0.361 e. The van der Waals surface area contributed by atoms with Crippen LogP contribution in [0.15, 0.2) is 10.6 Å². The maximum absolute atomic E-state index is 12.1. The Morgan fingerprint density at radius 3 is 2.53 bits per heavy atom. The SMILES string of the molecule is Cc1cc(C(=O)N2CCN(C(=O)CC#N)CC2)no1. The first kappa shape index (κ1) is 13.1. The molecule has 0 aliphatic carbocycles. The number of nitriles is 1. The topological polar surface area (TPSA) is 90.4 Å². The summed E-state index contributed by atoms with van der Waals surface area (Å²) >= 11 is 0. The number of nitrogens with zero attached hydrogens (tertiary/aromatic N) is 4. The zero-order chi connectivity index (χ0) is 13.8. The number of hydrogen-bond donors (Lipinski definition) is 0. The zero-order valence-electron chi connectivity index (χ0n) is 10.6. The van der Waals surface area contributed by atoms with Gasteiger partial charge in [-0.1, -0.05) is 5.16 Å². The van der Waals surface area contributed by atoms with Gasteiger partial charge >= 0.3 is 0 Å². The summed E-state index contributed by atoms with van der Waals surface area (Å²) in [6.45, 7) is 3.51. The number of rotatable bonds is 2. The Balaban J connectivity index is 1.91. The van der Waals surface area contributed by atoms with Crippen molar-refractivity contribution in [1.29, 1.82) is 5.26 Å². The molecule has 1 aliphatic heterocycles. The Kier molecular flexibility index (Phi) is 3.80. The average molecular weight is 262 g/mol. The molecule has 1 saturated heterocycles. The van der Waals surface area contributed by atoms with Crippen molar-refractivity contribution in [3.8, 4) is 6.07 Å². The summed E-state index contributed by atoms with van der Waals surface area (Å²) in [4.78, 5) is 26.8. The van der Waals surface area contributed by atoms with E-state index in [2.05, 4.69) is 5.16 Å². The first-order valence-electron chi connectivity index (χ1n) is 5.99. The highest BCUT2D eigenvalue weighted by Gasteiger charge is 2.26. The molecule has 0 atom stereocenters. The predicted molar refractivity (Wildman–Crippen MR) is 64.0 cm³/mol. The highest BCUT2D eigenvalue weighted by atomic mass is 16.5. The molecule has 1 aromatic rings. The van der Waals surface area contributed by atoms with E-state index < -0.39 is 0 Å². The summed E-state index contributed by atoms with van der Waals surface area (Å²) in [5.41, 5.74) is 0.286. The van der Waals surface area contributed by atoms with Gasteiger partial charge in [0.1, 0.15) is 12.2 Å². The van der Waals surface area contributed by atoms with E-state index in [4.69, 9.17) is 9.78 Å². The molecule has 2 heterocycles. The van der Waals surface area contributed by atoms with Crippen LogP contribution in [0.3, 0.4) is 0 Å². The van der Waals surface area contributed by atoms with Gasteiger partial charge in [-0.15, -0.1) is 0 Å². The highest BCUT2D eigenvalue weighted by molar-refractivity contribution is 5.92. The molecule has 0 aromatic carbocycles. The van der Waals surface area contributed by atoms with Crippen molar-refractivity contribution in [3.63, 3.8) is 0 Å². The van der Waals surface area contributed by atoms with Crippen LogP contribution in [0.4, 0.5) is 0 Å². The van der Waals surface area contributed by atoms with E-state index in [-0.39, 0.29) is 23.9 Å². The van der Waals surface area contributed by atoms with Gasteiger partial charge in [-0.05, 0) is 6.92 Å². The molecular weight excluding hydrogens is 248 g/mol. The van der Waals surface area contributed by atoms with Gasteiger partial charge in [-0.3, -0.25) is 9.59 Å². The summed E-state index contributed by atoms with van der Waals surface area (Å²) in [7, 11) is 0. The monoisotopic (exact) mass is 262 g/mol. The van der Waals surface area contributed by atoms with Crippen molar-refractivity contribution in [2.24, 2.45) is 0 Å². The Labute approximate surface area is 110 Å². The average Bonchev–Trinajstić information content (AvgIpc) is 2.85. The van der Waals surface area contributed by atoms with Crippen LogP contribution >= 0.6 is 0 Å². The fourth-order valence-electron chi connectivity index (χ4n) is 1.97. The Morgan fingerprint density at radius 2 is 2.00 bits per heavy atom. The summed E-state index contributed by atoms with van der Waals surface area (Å²) < 4.78 is 4.87. The van der Waals surface area contributed by atoms with Crippen molar-refractivity contribution in [2.75, 3.05) is 26.2 Å². The van der Waals surface area contributed by atoms with Gasteiger partial charge in [0.15, 0.2) is 5.69 Å². The molecule has 1 aromatic heterocycles. The third kappa shape index (κ3) is 2.91. The molecule has 2 amide bonds. The normalized spacial score (nSPS) is 15.2. The fourth-order valence-corrected chi connectivity index (χ4v) is 1.97. The molecule has 0 bridgehead atoms. The van der Waals surface area contributed by atoms with Crippen LogP contribution in [0, 0.1) is 18.3 Å². The maximum atomic E-state index is 12.1. The van der Waals surface area contributed by atoms with E-state index in [1.165, 1.54) is 0 Å². The molecule has 0 N–H and O–H groups in total. The molecule has 0 unspecified atom stereocenters. The second kappa shape index (κ2) is 5.52. The summed E-state index contributed by atoms with van der Waals surface area (Å²) in [6.07, 6.45) is -0.115. The predicted octanol–water partition coefficient (Wildman–Crippen LogP) is 0.181. The van der Waals surface area contributed by atoms with Gasteiger partial charge in [-0.25, -0.2) is 0 Å². The molecule has 100 valence electrons. The third-order valence-electron chi connectivity index (χ3n) is 3.00. The minimum atomic E-state index is -0.191. The third-order valence-corrected chi connectivity index (χ3v) is 3.00. The first-order valence-corrected chi connectivity index (χ1v) is 5.99. The number of carbonyl (C=O) groups excluding carboxylic acids is 2. The van der Waals surface area contributed by atoms with Gasteiger partial charge in [-0.2, -0.15) is 5.26 Å². The van der Waals surface area contributed by atoms with E-state index in [9.17, 15) is 9.59 Å². The van der Waals surface area contributed by atoms with E-state index in [1.807, 2.05) is 6.07 Å². The molecule has 19 heavy (non-hydrogen) atoms. The van der Waals surface area contributed by atoms with E-state index in [0.717, 1.165) is 0 Å². The molecule has 1 aliphatic rings. The Bertz CT molecular complexity index is 523. The fraction of sp³-hybridized carbons (Fsp3) is 0.500. The van der Waals surface area contributed by atoms with Crippen molar-refractivity contribution in [1.82, 2.24) is 15.0 Å². The summed E-state index contributed by atoms with van der Waals surface area (Å²) in [6, 6.07) is 3.43. The van der Waals surface area contributed by atoms with Crippen molar-refractivity contribution >= 4 is 11.8 Å². The van der Waals surface area contributed by atoms with E-state index in [0.29, 0.717) is 31.9 Å². The van der Waals surface area contributed by atoms with Crippen molar-refractivity contribution < 1.29 is 14.1 Å². The van der Waals surface area contributed by atoms with Gasteiger partial charge < -0.3 is 14.3 Å². The number of amides is 2. The lowest BCUT2D eigenvalue weighted by Gasteiger charge is -2.34. The molecule has 7 nitrogen and oxygen atoms in total. The molecule has 0 radical (unpaired) electrons. The number of piperazine rings is 1. The number of aryl methyl sites for hydroxylation is 1. The standard InChI is InChI=1S/C12H14N4O3/c1-9-8-10(14-19-9)12(18)16-6-4-15(5-7-16)11(17)2-3-13/h8H,2,4-7H2,1H3. The van der Waals surface area contributed by atoms with Crippen LogP contribution in [0.25, 0.3) is 0 Å². The Hall–Kier alpha value is -2.36. The van der Waals surface area contributed by atoms with Crippen LogP contribution in [0.2, 0.25) is 0 Å². The Morgan fingerprint density at radius 1 is 1.37 bits per heavy atom. The second-order valence-corrected chi connectivity index (χ2v) is 4.33. The van der Waals surface area contributed by atoms with Gasteiger partial charge in [0.25, 0.3) is 5.91 Å². The van der Waals surface area contributed by atoms with Crippen LogP contribution in [0.5, 0.6) is 0 Å². The number of carbonyl (C=O) groups is 2. The number of aromatic nitrogens is 1. The molecule has 0 spiro atoms. The molecule has 0 saturated carbocycles. The lowest BCUT2D eigenvalue weighted by molar-refractivity contribution is -0.131. The van der Waals surface area contributed by atoms with Gasteiger partial charge in [0.2, 0.25) is 5.91 Å². The molecular formula is C12H14N4O3. The summed E-state index contributed by atoms with van der Waals surface area (Å²) in [5.74, 6) is 0.210. The zero-order valence-corrected chi connectivity index (χ0v) is 10.6. The van der Waals surface area contributed by atoms with Crippen LogP contribution in [-0.2, 0) is 4.79 Å². The van der Waals surface area contributed by atoms with E-state index in [1.54, 1.807) is 22.8 Å². The quantitative estimate of drug-likeness (QED) is 0.758. The van der Waals surface area contributed by atoms with Gasteiger partial charge in [0.05, 0.1) is 6.07 Å². The van der Waals surface area contributed by atoms with Crippen LogP contribution < -0.4 is 0 Å². The van der Waals surface area contributed by atoms with Crippen molar-refractivity contribution in [3.05, 3.63) is 17.5 Å². The molecule has 7 heteroatoms. The second-order valence-electron chi connectivity index (χ2n) is 4.33. The smallest absolute Gasteiger partial charge is 0.276 e. The lowest BCUT2D eigenvalue weighted by atomic mass is 10.2. The molecule has 1 fully saturated rings. The largest absolute Gasteiger partial charge is 0.361 e. The minimum absolute atomic E-state index is 0.115. The first-order chi connectivity index (χ1) is 9.11. The van der Waals surface area contributed by atoms with Crippen molar-refractivity contribution in [2.45, 2.75) is 13.3 Å². The maximum Gasteiger partial charge on any atom is 0.276 e. The highest BCUT2D eigenvalue weighted by Crippen LogP contribution is 2.09. The summed E-state index contributed by atoms with van der Waals surface area (Å²) in [5, 5.41) is 12.2. The lowest BCUT2D eigenvalue weighted by Crippen LogP contribution is -2.50. The number of hydrogen-bond acceptors (Lipinski definition) is 5. The van der Waals surface area contributed by atoms with E-state index >= 15 is 0 Å². The van der Waals surface area contributed by atoms with Gasteiger partial charge in [0, 0.05) is 32.2 Å². The van der Waals surface area contributed by atoms with Crippen LogP contribution in [-0.4, -0.2) is 52.9 Å².